The number of amides is 3. The van der Waals surface area contributed by atoms with E-state index in [0.717, 1.165) is 5.56 Å². The summed E-state index contributed by atoms with van der Waals surface area (Å²) >= 11 is 0. The van der Waals surface area contributed by atoms with Crippen LogP contribution in [0.2, 0.25) is 0 Å². The lowest BCUT2D eigenvalue weighted by molar-refractivity contribution is -0.138. The number of aliphatic carboxylic acids is 1. The summed E-state index contributed by atoms with van der Waals surface area (Å²) in [6.45, 7) is 4.62. The zero-order valence-electron chi connectivity index (χ0n) is 19.8. The van der Waals surface area contributed by atoms with Crippen molar-refractivity contribution in [2.24, 2.45) is 0 Å². The van der Waals surface area contributed by atoms with Gasteiger partial charge in [0.15, 0.2) is 0 Å². The molecule has 186 valence electrons. The van der Waals surface area contributed by atoms with Crippen LogP contribution >= 0.6 is 0 Å². The Labute approximate surface area is 203 Å². The number of hydrogen-bond acceptors (Lipinski definition) is 6. The number of nitrogens with zero attached hydrogens (tertiary/aromatic N) is 3. The highest BCUT2D eigenvalue weighted by molar-refractivity contribution is 5.96. The molecule has 2 heterocycles. The molecule has 0 saturated carbocycles. The van der Waals surface area contributed by atoms with Crippen molar-refractivity contribution < 1.29 is 29.0 Å². The monoisotopic (exact) mass is 482 g/mol. The predicted octanol–water partition coefficient (Wildman–Crippen LogP) is 2.40. The highest BCUT2D eigenvalue weighted by Crippen LogP contribution is 2.17. The number of ether oxygens (including phenoxy) is 1. The van der Waals surface area contributed by atoms with Crippen LogP contribution in [0.15, 0.2) is 48.5 Å². The molecule has 0 aliphatic carbocycles. The molecular weight excluding hydrogens is 452 g/mol. The fraction of sp³-hybridized carbons (Fsp3) is 0.400. The summed E-state index contributed by atoms with van der Waals surface area (Å²) in [5.41, 5.74) is 1.58. The summed E-state index contributed by atoms with van der Waals surface area (Å²) in [6.07, 6.45) is -1.03. The molecule has 1 atom stereocenters. The predicted molar refractivity (Wildman–Crippen MR) is 128 cm³/mol. The Morgan fingerprint density at radius 2 is 1.63 bits per heavy atom. The number of rotatable bonds is 8. The van der Waals surface area contributed by atoms with E-state index in [1.807, 2.05) is 30.3 Å². The highest BCUT2D eigenvalue weighted by atomic mass is 16.6. The van der Waals surface area contributed by atoms with Crippen LogP contribution in [-0.4, -0.2) is 82.1 Å². The third-order valence-electron chi connectivity index (χ3n) is 5.49. The van der Waals surface area contributed by atoms with Gasteiger partial charge in [-0.3, -0.25) is 14.4 Å². The maximum atomic E-state index is 13.2. The Balaban J connectivity index is 1.68. The number of carboxylic acid groups (broad SMARTS) is 1. The summed E-state index contributed by atoms with van der Waals surface area (Å²) in [5.74, 6) is -2.02. The van der Waals surface area contributed by atoms with Gasteiger partial charge in [0.25, 0.3) is 5.91 Å². The molecule has 3 rings (SSSR count). The minimum absolute atomic E-state index is 0.0616. The number of pyridine rings is 1. The molecule has 35 heavy (non-hydrogen) atoms. The SMILES string of the molecule is CC(C)OC(=O)N1CCN(C(=O)[C@H](CCC(=O)O)NC(=O)c2cccc(-c3ccccc3)n2)CC1. The van der Waals surface area contributed by atoms with Gasteiger partial charge in [-0.25, -0.2) is 9.78 Å². The number of benzene rings is 1. The molecule has 10 heteroatoms. The first kappa shape index (κ1) is 25.7. The maximum Gasteiger partial charge on any atom is 0.410 e. The van der Waals surface area contributed by atoms with E-state index in [9.17, 15) is 19.2 Å². The molecule has 2 aromatic rings. The largest absolute Gasteiger partial charge is 0.481 e. The van der Waals surface area contributed by atoms with Crippen molar-refractivity contribution in [2.75, 3.05) is 26.2 Å². The van der Waals surface area contributed by atoms with Crippen LogP contribution in [-0.2, 0) is 14.3 Å². The highest BCUT2D eigenvalue weighted by Gasteiger charge is 2.31. The van der Waals surface area contributed by atoms with E-state index in [4.69, 9.17) is 9.84 Å². The van der Waals surface area contributed by atoms with Gasteiger partial charge in [0.05, 0.1) is 11.8 Å². The van der Waals surface area contributed by atoms with Crippen molar-refractivity contribution in [3.8, 4) is 11.3 Å². The lowest BCUT2D eigenvalue weighted by Crippen LogP contribution is -2.56. The van der Waals surface area contributed by atoms with E-state index in [-0.39, 0.29) is 50.8 Å². The van der Waals surface area contributed by atoms with E-state index in [1.165, 1.54) is 9.80 Å². The Bertz CT molecular complexity index is 1050. The van der Waals surface area contributed by atoms with Gasteiger partial charge in [0, 0.05) is 38.2 Å². The first-order valence-electron chi connectivity index (χ1n) is 11.5. The third kappa shape index (κ3) is 7.26. The van der Waals surface area contributed by atoms with Crippen molar-refractivity contribution in [1.29, 1.82) is 0 Å². The zero-order chi connectivity index (χ0) is 25.4. The average Bonchev–Trinajstić information content (AvgIpc) is 2.86. The fourth-order valence-electron chi connectivity index (χ4n) is 3.69. The van der Waals surface area contributed by atoms with Gasteiger partial charge in [0.2, 0.25) is 5.91 Å². The lowest BCUT2D eigenvalue weighted by Gasteiger charge is -2.36. The molecule has 0 spiro atoms. The van der Waals surface area contributed by atoms with Gasteiger partial charge in [-0.15, -0.1) is 0 Å². The summed E-state index contributed by atoms with van der Waals surface area (Å²) in [4.78, 5) is 56.8. The molecule has 2 N–H and O–H groups in total. The average molecular weight is 483 g/mol. The van der Waals surface area contributed by atoms with Gasteiger partial charge in [0.1, 0.15) is 11.7 Å². The normalized spacial score (nSPS) is 14.4. The molecule has 10 nitrogen and oxygen atoms in total. The lowest BCUT2D eigenvalue weighted by atomic mass is 10.1. The van der Waals surface area contributed by atoms with E-state index in [0.29, 0.717) is 5.69 Å². The van der Waals surface area contributed by atoms with Crippen LogP contribution in [0.1, 0.15) is 37.2 Å². The number of piperazine rings is 1. The standard InChI is InChI=1S/C25H30N4O6/c1-17(2)35-25(34)29-15-13-28(14-16-29)24(33)21(11-12-22(30)31)27-23(32)20-10-6-9-19(26-20)18-7-4-3-5-8-18/h3-10,17,21H,11-16H2,1-2H3,(H,27,32)(H,30,31)/t21-/m0/s1. The smallest absolute Gasteiger partial charge is 0.410 e. The van der Waals surface area contributed by atoms with E-state index >= 15 is 0 Å². The first-order chi connectivity index (χ1) is 16.7. The molecule has 1 aliphatic rings. The molecule has 1 fully saturated rings. The number of hydrogen-bond donors (Lipinski definition) is 2. The van der Waals surface area contributed by atoms with Gasteiger partial charge < -0.3 is 25.0 Å². The second-order valence-electron chi connectivity index (χ2n) is 8.48. The van der Waals surface area contributed by atoms with Crippen molar-refractivity contribution in [3.05, 3.63) is 54.2 Å². The van der Waals surface area contributed by atoms with Gasteiger partial charge in [-0.1, -0.05) is 36.4 Å². The first-order valence-corrected chi connectivity index (χ1v) is 11.5. The van der Waals surface area contributed by atoms with Crippen LogP contribution in [0.3, 0.4) is 0 Å². The number of aromatic nitrogens is 1. The summed E-state index contributed by atoms with van der Waals surface area (Å²) in [5, 5.41) is 11.8. The van der Waals surface area contributed by atoms with Gasteiger partial charge in [-0.2, -0.15) is 0 Å². The number of carbonyl (C=O) groups excluding carboxylic acids is 3. The molecule has 0 bridgehead atoms. The van der Waals surface area contributed by atoms with Crippen LogP contribution in [0.5, 0.6) is 0 Å². The molecule has 1 aliphatic heterocycles. The summed E-state index contributed by atoms with van der Waals surface area (Å²) in [7, 11) is 0. The Morgan fingerprint density at radius 1 is 0.971 bits per heavy atom. The fourth-order valence-corrected chi connectivity index (χ4v) is 3.69. The second-order valence-corrected chi connectivity index (χ2v) is 8.48. The van der Waals surface area contributed by atoms with Crippen LogP contribution in [0, 0.1) is 0 Å². The van der Waals surface area contributed by atoms with E-state index < -0.39 is 29.9 Å². The molecular formula is C25H30N4O6. The van der Waals surface area contributed by atoms with Crippen LogP contribution in [0.25, 0.3) is 11.3 Å². The molecule has 1 saturated heterocycles. The van der Waals surface area contributed by atoms with Gasteiger partial charge >= 0.3 is 12.1 Å². The van der Waals surface area contributed by atoms with Crippen LogP contribution in [0.4, 0.5) is 4.79 Å². The Hall–Kier alpha value is -3.95. The minimum atomic E-state index is -1.07. The Kier molecular flexibility index (Phi) is 8.77. The number of carbonyl (C=O) groups is 4. The molecule has 0 radical (unpaired) electrons. The summed E-state index contributed by atoms with van der Waals surface area (Å²) in [6, 6.07) is 13.4. The van der Waals surface area contributed by atoms with E-state index in [1.54, 1.807) is 32.0 Å². The third-order valence-corrected chi connectivity index (χ3v) is 5.49. The zero-order valence-corrected chi connectivity index (χ0v) is 19.8. The van der Waals surface area contributed by atoms with Crippen molar-refractivity contribution in [1.82, 2.24) is 20.1 Å². The topological polar surface area (TPSA) is 129 Å². The number of nitrogens with one attached hydrogen (secondary N) is 1. The van der Waals surface area contributed by atoms with Crippen molar-refractivity contribution >= 4 is 23.9 Å². The second kappa shape index (κ2) is 12.0. The molecule has 0 unspecified atom stereocenters. The van der Waals surface area contributed by atoms with Gasteiger partial charge in [-0.05, 0) is 32.4 Å². The Morgan fingerprint density at radius 3 is 2.26 bits per heavy atom. The van der Waals surface area contributed by atoms with E-state index in [2.05, 4.69) is 10.3 Å². The van der Waals surface area contributed by atoms with Crippen molar-refractivity contribution in [3.63, 3.8) is 0 Å². The minimum Gasteiger partial charge on any atom is -0.481 e. The molecule has 1 aromatic carbocycles. The maximum absolute atomic E-state index is 13.2. The quantitative estimate of drug-likeness (QED) is 0.591. The van der Waals surface area contributed by atoms with Crippen molar-refractivity contribution in [2.45, 2.75) is 38.8 Å². The molecule has 1 aromatic heterocycles. The number of carboxylic acids is 1. The summed E-state index contributed by atoms with van der Waals surface area (Å²) < 4.78 is 5.20. The molecule has 3 amide bonds. The van der Waals surface area contributed by atoms with Crippen LogP contribution < -0.4 is 5.32 Å².